The van der Waals surface area contributed by atoms with Crippen LogP contribution in [-0.2, 0) is 4.79 Å². The van der Waals surface area contributed by atoms with E-state index in [1.807, 2.05) is 0 Å². The number of nitrogens with zero attached hydrogens (tertiary/aromatic N) is 1. The first-order valence-corrected chi connectivity index (χ1v) is 7.33. The van der Waals surface area contributed by atoms with E-state index >= 15 is 0 Å². The monoisotopic (exact) mass is 342 g/mol. The number of nitrogens with one attached hydrogen (secondary N) is 1. The molecule has 0 bridgehead atoms. The van der Waals surface area contributed by atoms with Crippen LogP contribution in [0.1, 0.15) is 30.1 Å². The molecule has 0 saturated carbocycles. The minimum atomic E-state index is -0.604. The fraction of sp³-hybridized carbons (Fsp3) is 0.429. The van der Waals surface area contributed by atoms with Gasteiger partial charge in [-0.1, -0.05) is 0 Å². The molecule has 1 N–H and O–H groups in total. The normalized spacial score (nSPS) is 16.1. The van der Waals surface area contributed by atoms with Gasteiger partial charge in [0.2, 0.25) is 5.91 Å². The van der Waals surface area contributed by atoms with Crippen molar-refractivity contribution in [3.05, 3.63) is 34.1 Å². The summed E-state index contributed by atoms with van der Waals surface area (Å²) in [7, 11) is 0. The van der Waals surface area contributed by atoms with Gasteiger partial charge in [0, 0.05) is 18.7 Å². The lowest BCUT2D eigenvalue weighted by molar-refractivity contribution is -0.131. The molecule has 2 rings (SSSR count). The van der Waals surface area contributed by atoms with E-state index in [4.69, 9.17) is 0 Å². The van der Waals surface area contributed by atoms with E-state index in [9.17, 15) is 14.0 Å². The largest absolute Gasteiger partial charge is 0.341 e. The number of amides is 2. The molecule has 1 aliphatic rings. The summed E-state index contributed by atoms with van der Waals surface area (Å²) in [6.07, 6.45) is 2.01. The predicted octanol–water partition coefficient (Wildman–Crippen LogP) is 2.33. The van der Waals surface area contributed by atoms with Crippen LogP contribution in [0.4, 0.5) is 4.39 Å². The molecule has 1 aliphatic heterocycles. The van der Waals surface area contributed by atoms with Gasteiger partial charge in [-0.05, 0) is 53.9 Å². The summed E-state index contributed by atoms with van der Waals surface area (Å²) in [6, 6.07) is 3.52. The minimum Gasteiger partial charge on any atom is -0.341 e. The van der Waals surface area contributed by atoms with E-state index < -0.39 is 17.8 Å². The van der Waals surface area contributed by atoms with Crippen LogP contribution >= 0.6 is 15.9 Å². The van der Waals surface area contributed by atoms with Crippen LogP contribution in [0.15, 0.2) is 22.7 Å². The van der Waals surface area contributed by atoms with Crippen LogP contribution in [0.3, 0.4) is 0 Å². The molecule has 2 amide bonds. The summed E-state index contributed by atoms with van der Waals surface area (Å²) < 4.78 is 13.7. The van der Waals surface area contributed by atoms with E-state index in [0.29, 0.717) is 4.47 Å². The van der Waals surface area contributed by atoms with E-state index in [0.717, 1.165) is 32.0 Å². The fourth-order valence-electron chi connectivity index (χ4n) is 2.19. The highest BCUT2D eigenvalue weighted by molar-refractivity contribution is 9.10. The molecule has 1 unspecified atom stereocenters. The maximum Gasteiger partial charge on any atom is 0.252 e. The van der Waals surface area contributed by atoms with E-state index in [2.05, 4.69) is 21.2 Å². The van der Waals surface area contributed by atoms with Crippen molar-refractivity contribution in [3.8, 4) is 0 Å². The fourth-order valence-corrected chi connectivity index (χ4v) is 2.44. The summed E-state index contributed by atoms with van der Waals surface area (Å²) in [6.45, 7) is 3.13. The lowest BCUT2D eigenvalue weighted by atomic mass is 10.2. The maximum absolute atomic E-state index is 13.4. The van der Waals surface area contributed by atoms with E-state index in [-0.39, 0.29) is 11.5 Å². The van der Waals surface area contributed by atoms with Gasteiger partial charge in [0.1, 0.15) is 11.9 Å². The predicted molar refractivity (Wildman–Crippen MR) is 76.8 cm³/mol. The molecule has 1 atom stereocenters. The third-order valence-electron chi connectivity index (χ3n) is 3.32. The molecule has 1 fully saturated rings. The van der Waals surface area contributed by atoms with Crippen LogP contribution in [0, 0.1) is 5.82 Å². The van der Waals surface area contributed by atoms with Gasteiger partial charge in [-0.3, -0.25) is 9.59 Å². The smallest absolute Gasteiger partial charge is 0.252 e. The Balaban J connectivity index is 1.99. The highest BCUT2D eigenvalue weighted by Crippen LogP contribution is 2.16. The summed E-state index contributed by atoms with van der Waals surface area (Å²) in [5.41, 5.74) is 0.201. The van der Waals surface area contributed by atoms with Crippen molar-refractivity contribution >= 4 is 27.7 Å². The molecule has 1 saturated heterocycles. The molecule has 20 heavy (non-hydrogen) atoms. The molecular formula is C14H16BrFN2O2. The first-order chi connectivity index (χ1) is 9.49. The summed E-state index contributed by atoms with van der Waals surface area (Å²) in [4.78, 5) is 25.8. The van der Waals surface area contributed by atoms with Crippen molar-refractivity contribution in [2.24, 2.45) is 0 Å². The number of benzene rings is 1. The van der Waals surface area contributed by atoms with E-state index in [1.54, 1.807) is 11.8 Å². The van der Waals surface area contributed by atoms with Gasteiger partial charge in [0.05, 0.1) is 4.47 Å². The summed E-state index contributed by atoms with van der Waals surface area (Å²) in [5, 5.41) is 2.61. The standard InChI is InChI=1S/C14H16BrFN2O2/c1-9(14(20)18-6-2-3-7-18)17-13(19)10-4-5-11(15)12(16)8-10/h4-5,8-9H,2-3,6-7H2,1H3,(H,17,19). The van der Waals surface area contributed by atoms with Crippen molar-refractivity contribution < 1.29 is 14.0 Å². The van der Waals surface area contributed by atoms with Crippen LogP contribution in [0.25, 0.3) is 0 Å². The number of carbonyl (C=O) groups is 2. The molecule has 1 aromatic rings. The van der Waals surface area contributed by atoms with Crippen LogP contribution < -0.4 is 5.32 Å². The third-order valence-corrected chi connectivity index (χ3v) is 3.96. The van der Waals surface area contributed by atoms with Gasteiger partial charge in [0.15, 0.2) is 0 Å². The lowest BCUT2D eigenvalue weighted by Gasteiger charge is -2.21. The zero-order valence-electron chi connectivity index (χ0n) is 11.2. The van der Waals surface area contributed by atoms with Gasteiger partial charge >= 0.3 is 0 Å². The topological polar surface area (TPSA) is 49.4 Å². The molecule has 0 radical (unpaired) electrons. The Bertz CT molecular complexity index is 530. The third kappa shape index (κ3) is 3.36. The second-order valence-corrected chi connectivity index (χ2v) is 5.71. The highest BCUT2D eigenvalue weighted by atomic mass is 79.9. The number of rotatable bonds is 3. The zero-order chi connectivity index (χ0) is 14.7. The molecule has 4 nitrogen and oxygen atoms in total. The highest BCUT2D eigenvalue weighted by Gasteiger charge is 2.24. The number of likely N-dealkylation sites (tertiary alicyclic amines) is 1. The Morgan fingerprint density at radius 3 is 2.60 bits per heavy atom. The summed E-state index contributed by atoms with van der Waals surface area (Å²) >= 11 is 3.03. The lowest BCUT2D eigenvalue weighted by Crippen LogP contribution is -2.45. The SMILES string of the molecule is CC(NC(=O)c1ccc(Br)c(F)c1)C(=O)N1CCCC1. The molecule has 1 aromatic carbocycles. The Labute approximate surface area is 125 Å². The number of hydrogen-bond donors (Lipinski definition) is 1. The molecule has 6 heteroatoms. The Hall–Kier alpha value is -1.43. The maximum atomic E-state index is 13.4. The Morgan fingerprint density at radius 2 is 2.00 bits per heavy atom. The van der Waals surface area contributed by atoms with E-state index in [1.165, 1.54) is 12.1 Å². The van der Waals surface area contributed by atoms with Crippen LogP contribution in [0.5, 0.6) is 0 Å². The average Bonchev–Trinajstić information content (AvgIpc) is 2.94. The summed E-state index contributed by atoms with van der Waals surface area (Å²) in [5.74, 6) is -1.04. The van der Waals surface area contributed by atoms with Crippen molar-refractivity contribution in [2.45, 2.75) is 25.8 Å². The average molecular weight is 343 g/mol. The second-order valence-electron chi connectivity index (χ2n) is 4.86. The van der Waals surface area contributed by atoms with Crippen LogP contribution in [0.2, 0.25) is 0 Å². The quantitative estimate of drug-likeness (QED) is 0.916. The first kappa shape index (κ1) is 15.0. The Morgan fingerprint density at radius 1 is 1.35 bits per heavy atom. The number of halogens is 2. The molecule has 0 aliphatic carbocycles. The molecule has 0 aromatic heterocycles. The van der Waals surface area contributed by atoms with Crippen LogP contribution in [-0.4, -0.2) is 35.8 Å². The molecular weight excluding hydrogens is 327 g/mol. The van der Waals surface area contributed by atoms with Gasteiger partial charge in [-0.2, -0.15) is 0 Å². The number of carbonyl (C=O) groups excluding carboxylic acids is 2. The van der Waals surface area contributed by atoms with Crippen molar-refractivity contribution in [2.75, 3.05) is 13.1 Å². The zero-order valence-corrected chi connectivity index (χ0v) is 12.7. The molecule has 0 spiro atoms. The Kier molecular flexibility index (Phi) is 4.75. The van der Waals surface area contributed by atoms with Crippen molar-refractivity contribution in [1.82, 2.24) is 10.2 Å². The van der Waals surface area contributed by atoms with Crippen molar-refractivity contribution in [1.29, 1.82) is 0 Å². The second kappa shape index (κ2) is 6.35. The van der Waals surface area contributed by atoms with Gasteiger partial charge < -0.3 is 10.2 Å². The molecule has 1 heterocycles. The van der Waals surface area contributed by atoms with Gasteiger partial charge in [-0.15, -0.1) is 0 Å². The molecule has 108 valence electrons. The van der Waals surface area contributed by atoms with Gasteiger partial charge in [-0.25, -0.2) is 4.39 Å². The van der Waals surface area contributed by atoms with Gasteiger partial charge in [0.25, 0.3) is 5.91 Å². The number of hydrogen-bond acceptors (Lipinski definition) is 2. The first-order valence-electron chi connectivity index (χ1n) is 6.54. The minimum absolute atomic E-state index is 0.0894. The van der Waals surface area contributed by atoms with Crippen molar-refractivity contribution in [3.63, 3.8) is 0 Å².